The van der Waals surface area contributed by atoms with E-state index in [9.17, 15) is 0 Å². The van der Waals surface area contributed by atoms with Crippen molar-refractivity contribution >= 4 is 27.3 Å². The number of hydrogen-bond donors (Lipinski definition) is 2. The maximum absolute atomic E-state index is 9.11. The van der Waals surface area contributed by atoms with Gasteiger partial charge in [0.15, 0.2) is 0 Å². The molecule has 0 spiro atoms. The first kappa shape index (κ1) is 14.4. The van der Waals surface area contributed by atoms with Crippen molar-refractivity contribution in [1.82, 2.24) is 0 Å². The van der Waals surface area contributed by atoms with Crippen molar-refractivity contribution in [1.29, 1.82) is 5.26 Å². The van der Waals surface area contributed by atoms with Crippen LogP contribution < -0.4 is 15.8 Å². The average molecular weight is 332 g/mol. The van der Waals surface area contributed by atoms with Crippen LogP contribution in [0.25, 0.3) is 0 Å². The number of nitrogens with one attached hydrogen (secondary N) is 1. The highest BCUT2D eigenvalue weighted by atomic mass is 79.9. The highest BCUT2D eigenvalue weighted by Gasteiger charge is 2.04. The maximum Gasteiger partial charge on any atom is 0.121 e. The van der Waals surface area contributed by atoms with Crippen molar-refractivity contribution in [3.8, 4) is 11.8 Å². The summed E-state index contributed by atoms with van der Waals surface area (Å²) >= 11 is 3.40. The van der Waals surface area contributed by atoms with Crippen molar-refractivity contribution in [2.24, 2.45) is 5.73 Å². The van der Waals surface area contributed by atoms with Crippen LogP contribution in [-0.4, -0.2) is 13.2 Å². The number of halogens is 1. The van der Waals surface area contributed by atoms with Crippen LogP contribution in [0.4, 0.5) is 11.4 Å². The quantitative estimate of drug-likeness (QED) is 0.880. The van der Waals surface area contributed by atoms with Crippen LogP contribution in [0.3, 0.4) is 0 Å². The van der Waals surface area contributed by atoms with Crippen molar-refractivity contribution in [3.05, 3.63) is 52.5 Å². The number of rotatable bonds is 5. The zero-order chi connectivity index (χ0) is 14.4. The summed E-state index contributed by atoms with van der Waals surface area (Å²) in [6.45, 7) is 0.950. The Morgan fingerprint density at radius 2 is 2.10 bits per heavy atom. The Balaban J connectivity index is 2.22. The van der Waals surface area contributed by atoms with Gasteiger partial charge in [0.2, 0.25) is 0 Å². The standard InChI is InChI=1S/C15H14BrN3O/c16-12-5-4-11(10-18)15(8-12)19-13-2-1-3-14(9-13)20-7-6-17/h1-5,8-9,19H,6-7,17H2. The largest absolute Gasteiger partial charge is 0.492 e. The van der Waals surface area contributed by atoms with E-state index in [1.807, 2.05) is 36.4 Å². The fourth-order valence-electron chi connectivity index (χ4n) is 1.71. The minimum Gasteiger partial charge on any atom is -0.492 e. The first-order valence-electron chi connectivity index (χ1n) is 6.12. The van der Waals surface area contributed by atoms with E-state index in [-0.39, 0.29) is 0 Å². The van der Waals surface area contributed by atoms with Crippen molar-refractivity contribution in [2.45, 2.75) is 0 Å². The summed E-state index contributed by atoms with van der Waals surface area (Å²) < 4.78 is 6.39. The summed E-state index contributed by atoms with van der Waals surface area (Å²) in [7, 11) is 0. The minimum absolute atomic E-state index is 0.474. The second kappa shape index (κ2) is 6.94. The molecule has 0 aromatic heterocycles. The van der Waals surface area contributed by atoms with E-state index in [0.717, 1.165) is 21.6 Å². The second-order valence-corrected chi connectivity index (χ2v) is 5.01. The van der Waals surface area contributed by atoms with E-state index in [4.69, 9.17) is 15.7 Å². The summed E-state index contributed by atoms with van der Waals surface area (Å²) in [5, 5.41) is 12.3. The molecular formula is C15H14BrN3O. The Hall–Kier alpha value is -2.03. The van der Waals surface area contributed by atoms with E-state index < -0.39 is 0 Å². The molecule has 20 heavy (non-hydrogen) atoms. The predicted molar refractivity (Wildman–Crippen MR) is 83.1 cm³/mol. The molecule has 0 aliphatic rings. The summed E-state index contributed by atoms with van der Waals surface area (Å²) in [6.07, 6.45) is 0. The molecule has 0 aliphatic carbocycles. The van der Waals surface area contributed by atoms with E-state index in [1.165, 1.54) is 0 Å². The molecular weight excluding hydrogens is 318 g/mol. The molecule has 2 aromatic carbocycles. The molecule has 0 atom stereocenters. The van der Waals surface area contributed by atoms with Crippen LogP contribution >= 0.6 is 15.9 Å². The van der Waals surface area contributed by atoms with E-state index in [2.05, 4.69) is 27.3 Å². The number of hydrogen-bond acceptors (Lipinski definition) is 4. The summed E-state index contributed by atoms with van der Waals surface area (Å²) in [4.78, 5) is 0. The lowest BCUT2D eigenvalue weighted by atomic mass is 10.2. The molecule has 0 radical (unpaired) electrons. The number of nitriles is 1. The first-order chi connectivity index (χ1) is 9.72. The average Bonchev–Trinajstić information content (AvgIpc) is 2.46. The van der Waals surface area contributed by atoms with Crippen molar-refractivity contribution in [2.75, 3.05) is 18.5 Å². The van der Waals surface area contributed by atoms with Gasteiger partial charge >= 0.3 is 0 Å². The number of benzene rings is 2. The Morgan fingerprint density at radius 1 is 1.25 bits per heavy atom. The van der Waals surface area contributed by atoms with Gasteiger partial charge in [-0.05, 0) is 30.3 Å². The molecule has 0 heterocycles. The smallest absolute Gasteiger partial charge is 0.121 e. The number of nitrogens with zero attached hydrogens (tertiary/aromatic N) is 1. The fraction of sp³-hybridized carbons (Fsp3) is 0.133. The van der Waals surface area contributed by atoms with Gasteiger partial charge in [-0.25, -0.2) is 0 Å². The number of anilines is 2. The summed E-state index contributed by atoms with van der Waals surface area (Å²) in [6, 6.07) is 15.2. The Bertz CT molecular complexity index is 637. The lowest BCUT2D eigenvalue weighted by molar-refractivity contribution is 0.328. The van der Waals surface area contributed by atoms with Gasteiger partial charge in [0.1, 0.15) is 18.4 Å². The van der Waals surface area contributed by atoms with Gasteiger partial charge < -0.3 is 15.8 Å². The highest BCUT2D eigenvalue weighted by molar-refractivity contribution is 9.10. The van der Waals surface area contributed by atoms with Crippen LogP contribution in [0.15, 0.2) is 46.9 Å². The van der Waals surface area contributed by atoms with Gasteiger partial charge in [-0.2, -0.15) is 5.26 Å². The summed E-state index contributed by atoms with van der Waals surface area (Å²) in [5.41, 5.74) is 7.60. The normalized spacial score (nSPS) is 9.85. The SMILES string of the molecule is N#Cc1ccc(Br)cc1Nc1cccc(OCCN)c1. The lowest BCUT2D eigenvalue weighted by Gasteiger charge is -2.11. The zero-order valence-electron chi connectivity index (χ0n) is 10.8. The molecule has 0 aliphatic heterocycles. The van der Waals surface area contributed by atoms with Crippen molar-refractivity contribution in [3.63, 3.8) is 0 Å². The topological polar surface area (TPSA) is 71.1 Å². The van der Waals surface area contributed by atoms with Crippen LogP contribution in [0.1, 0.15) is 5.56 Å². The molecule has 0 saturated carbocycles. The fourth-order valence-corrected chi connectivity index (χ4v) is 2.07. The molecule has 4 nitrogen and oxygen atoms in total. The molecule has 2 rings (SSSR count). The third-order valence-corrected chi connectivity index (χ3v) is 3.09. The number of ether oxygens (including phenoxy) is 1. The van der Waals surface area contributed by atoms with Gasteiger partial charge in [0, 0.05) is 22.8 Å². The molecule has 3 N–H and O–H groups in total. The van der Waals surface area contributed by atoms with Gasteiger partial charge in [-0.1, -0.05) is 22.0 Å². The molecule has 0 saturated heterocycles. The Morgan fingerprint density at radius 3 is 2.85 bits per heavy atom. The maximum atomic E-state index is 9.11. The van der Waals surface area contributed by atoms with Crippen molar-refractivity contribution < 1.29 is 4.74 Å². The Labute approximate surface area is 126 Å². The second-order valence-electron chi connectivity index (χ2n) is 4.09. The lowest BCUT2D eigenvalue weighted by Crippen LogP contribution is -2.10. The third-order valence-electron chi connectivity index (χ3n) is 2.60. The first-order valence-corrected chi connectivity index (χ1v) is 6.92. The summed E-state index contributed by atoms with van der Waals surface area (Å²) in [5.74, 6) is 0.744. The van der Waals surface area contributed by atoms with Crippen LogP contribution in [0.2, 0.25) is 0 Å². The molecule has 0 unspecified atom stereocenters. The van der Waals surface area contributed by atoms with E-state index in [1.54, 1.807) is 6.07 Å². The Kier molecular flexibility index (Phi) is 4.99. The van der Waals surface area contributed by atoms with Gasteiger partial charge in [0.05, 0.1) is 11.3 Å². The van der Waals surface area contributed by atoms with Crippen LogP contribution in [0.5, 0.6) is 5.75 Å². The third kappa shape index (κ3) is 3.73. The zero-order valence-corrected chi connectivity index (χ0v) is 12.4. The van der Waals surface area contributed by atoms with E-state index in [0.29, 0.717) is 18.7 Å². The molecule has 2 aromatic rings. The van der Waals surface area contributed by atoms with Gasteiger partial charge in [-0.15, -0.1) is 0 Å². The van der Waals surface area contributed by atoms with Gasteiger partial charge in [-0.3, -0.25) is 0 Å². The molecule has 102 valence electrons. The predicted octanol–water partition coefficient (Wildman–Crippen LogP) is 3.40. The molecule has 5 heteroatoms. The number of nitrogens with two attached hydrogens (primary N) is 1. The molecule has 0 bridgehead atoms. The minimum atomic E-state index is 0.474. The highest BCUT2D eigenvalue weighted by Crippen LogP contribution is 2.26. The molecule has 0 amide bonds. The monoisotopic (exact) mass is 331 g/mol. The van der Waals surface area contributed by atoms with E-state index >= 15 is 0 Å². The van der Waals surface area contributed by atoms with Gasteiger partial charge in [0.25, 0.3) is 0 Å². The van der Waals surface area contributed by atoms with Crippen LogP contribution in [0, 0.1) is 11.3 Å². The molecule has 0 fully saturated rings. The van der Waals surface area contributed by atoms with Crippen LogP contribution in [-0.2, 0) is 0 Å².